The van der Waals surface area contributed by atoms with Crippen molar-refractivity contribution in [1.29, 1.82) is 0 Å². The molecule has 2 aliphatic heterocycles. The maximum Gasteiger partial charge on any atom is 0.252 e. The van der Waals surface area contributed by atoms with E-state index in [-0.39, 0.29) is 12.3 Å². The maximum atomic E-state index is 12.7. The van der Waals surface area contributed by atoms with Crippen LogP contribution >= 0.6 is 0 Å². The second kappa shape index (κ2) is 6.12. The van der Waals surface area contributed by atoms with Gasteiger partial charge in [-0.05, 0) is 39.3 Å². The van der Waals surface area contributed by atoms with Crippen LogP contribution in [-0.2, 0) is 11.2 Å². The number of piperazine rings is 1. The minimum Gasteiger partial charge on any atom is -0.339 e. The van der Waals surface area contributed by atoms with E-state index in [1.807, 2.05) is 24.8 Å². The number of carbonyl (C=O) groups is 1. The summed E-state index contributed by atoms with van der Waals surface area (Å²) in [5.41, 5.74) is 1.90. The highest BCUT2D eigenvalue weighted by molar-refractivity contribution is 5.78. The third kappa shape index (κ3) is 2.88. The molecule has 7 heteroatoms. The highest BCUT2D eigenvalue weighted by Crippen LogP contribution is 2.21. The standard InChI is InChI=1S/C17H24N6O/c1-12-9-13(2)23-17(18-12)19-15(20-23)10-16(24)22-8-7-21-6-4-3-5-14(21)11-22/h9,14H,3-8,10-11H2,1-2H3/t14-/m0/s1. The van der Waals surface area contributed by atoms with Crippen LogP contribution in [0.4, 0.5) is 0 Å². The number of amides is 1. The van der Waals surface area contributed by atoms with Gasteiger partial charge in [0, 0.05) is 37.1 Å². The monoisotopic (exact) mass is 328 g/mol. The SMILES string of the molecule is Cc1cc(C)n2nc(CC(=O)N3CCN4CCCC[C@H]4C3)nc2n1. The van der Waals surface area contributed by atoms with Gasteiger partial charge in [-0.25, -0.2) is 9.50 Å². The van der Waals surface area contributed by atoms with Gasteiger partial charge in [-0.3, -0.25) is 9.69 Å². The summed E-state index contributed by atoms with van der Waals surface area (Å²) in [5.74, 6) is 1.27. The molecule has 4 rings (SSSR count). The maximum absolute atomic E-state index is 12.7. The summed E-state index contributed by atoms with van der Waals surface area (Å²) in [6, 6.07) is 2.51. The molecule has 24 heavy (non-hydrogen) atoms. The molecule has 0 bridgehead atoms. The van der Waals surface area contributed by atoms with Crippen LogP contribution in [0.15, 0.2) is 6.07 Å². The lowest BCUT2D eigenvalue weighted by Gasteiger charge is -2.44. The van der Waals surface area contributed by atoms with Crippen molar-refractivity contribution in [2.75, 3.05) is 26.2 Å². The van der Waals surface area contributed by atoms with Gasteiger partial charge in [-0.1, -0.05) is 6.42 Å². The van der Waals surface area contributed by atoms with Crippen molar-refractivity contribution < 1.29 is 4.79 Å². The van der Waals surface area contributed by atoms with Crippen LogP contribution in [0.1, 0.15) is 36.5 Å². The number of aryl methyl sites for hydroxylation is 2. The van der Waals surface area contributed by atoms with E-state index < -0.39 is 0 Å². The normalized spacial score (nSPS) is 21.9. The fourth-order valence-electron chi connectivity index (χ4n) is 3.91. The molecule has 2 saturated heterocycles. The van der Waals surface area contributed by atoms with Gasteiger partial charge in [0.25, 0.3) is 5.78 Å². The number of carbonyl (C=O) groups excluding carboxylic acids is 1. The Morgan fingerprint density at radius 1 is 1.21 bits per heavy atom. The number of rotatable bonds is 2. The summed E-state index contributed by atoms with van der Waals surface area (Å²) in [5, 5.41) is 4.45. The van der Waals surface area contributed by atoms with Crippen molar-refractivity contribution in [3.8, 4) is 0 Å². The molecule has 0 radical (unpaired) electrons. The Hall–Kier alpha value is -2.02. The molecule has 2 fully saturated rings. The predicted octanol–water partition coefficient (Wildman–Crippen LogP) is 0.980. The van der Waals surface area contributed by atoms with Gasteiger partial charge in [0.1, 0.15) is 0 Å². The fraction of sp³-hybridized carbons (Fsp3) is 0.647. The lowest BCUT2D eigenvalue weighted by Crippen LogP contribution is -2.56. The quantitative estimate of drug-likeness (QED) is 0.822. The van der Waals surface area contributed by atoms with Gasteiger partial charge in [0.05, 0.1) is 6.42 Å². The van der Waals surface area contributed by atoms with Crippen LogP contribution < -0.4 is 0 Å². The first-order chi connectivity index (χ1) is 11.6. The highest BCUT2D eigenvalue weighted by Gasteiger charge is 2.31. The molecule has 7 nitrogen and oxygen atoms in total. The second-order valence-corrected chi connectivity index (χ2v) is 6.98. The van der Waals surface area contributed by atoms with E-state index in [2.05, 4.69) is 20.0 Å². The Morgan fingerprint density at radius 2 is 2.08 bits per heavy atom. The first-order valence-corrected chi connectivity index (χ1v) is 8.82. The summed E-state index contributed by atoms with van der Waals surface area (Å²) >= 11 is 0. The summed E-state index contributed by atoms with van der Waals surface area (Å²) < 4.78 is 1.72. The molecule has 0 unspecified atom stereocenters. The minimum absolute atomic E-state index is 0.130. The van der Waals surface area contributed by atoms with Gasteiger partial charge in [0.2, 0.25) is 5.91 Å². The van der Waals surface area contributed by atoms with Gasteiger partial charge < -0.3 is 4.90 Å². The second-order valence-electron chi connectivity index (χ2n) is 6.98. The van der Waals surface area contributed by atoms with E-state index in [9.17, 15) is 4.79 Å². The largest absolute Gasteiger partial charge is 0.339 e. The molecule has 2 aromatic heterocycles. The van der Waals surface area contributed by atoms with Crippen molar-refractivity contribution in [2.24, 2.45) is 0 Å². The molecule has 1 atom stereocenters. The summed E-state index contributed by atoms with van der Waals surface area (Å²) in [6.45, 7) is 7.77. The van der Waals surface area contributed by atoms with E-state index in [1.54, 1.807) is 4.52 Å². The van der Waals surface area contributed by atoms with Gasteiger partial charge in [-0.15, -0.1) is 5.10 Å². The lowest BCUT2D eigenvalue weighted by molar-refractivity contribution is -0.134. The Balaban J connectivity index is 1.47. The van der Waals surface area contributed by atoms with E-state index >= 15 is 0 Å². The topological polar surface area (TPSA) is 66.6 Å². The molecular weight excluding hydrogens is 304 g/mol. The summed E-state index contributed by atoms with van der Waals surface area (Å²) in [6.07, 6.45) is 4.04. The van der Waals surface area contributed by atoms with Gasteiger partial charge in [-0.2, -0.15) is 4.98 Å². The van der Waals surface area contributed by atoms with Crippen LogP contribution in [0.3, 0.4) is 0 Å². The van der Waals surface area contributed by atoms with Crippen LogP contribution in [0, 0.1) is 13.8 Å². The number of fused-ring (bicyclic) bond motifs is 2. The third-order valence-electron chi connectivity index (χ3n) is 5.16. The van der Waals surface area contributed by atoms with E-state index in [0.717, 1.165) is 31.0 Å². The summed E-state index contributed by atoms with van der Waals surface area (Å²) in [4.78, 5) is 26.0. The van der Waals surface area contributed by atoms with Crippen LogP contribution in [0.25, 0.3) is 5.78 Å². The molecule has 4 heterocycles. The minimum atomic E-state index is 0.130. The van der Waals surface area contributed by atoms with Crippen molar-refractivity contribution in [3.63, 3.8) is 0 Å². The zero-order valence-electron chi connectivity index (χ0n) is 14.4. The number of nitrogens with zero attached hydrogens (tertiary/aromatic N) is 6. The Labute approximate surface area is 141 Å². The first-order valence-electron chi connectivity index (χ1n) is 8.82. The zero-order chi connectivity index (χ0) is 16.7. The average Bonchev–Trinajstić information content (AvgIpc) is 2.97. The summed E-state index contributed by atoms with van der Waals surface area (Å²) in [7, 11) is 0. The molecule has 0 aromatic carbocycles. The molecule has 2 aliphatic rings. The molecule has 0 saturated carbocycles. The average molecular weight is 328 g/mol. The smallest absolute Gasteiger partial charge is 0.252 e. The van der Waals surface area contributed by atoms with E-state index in [1.165, 1.54) is 25.8 Å². The van der Waals surface area contributed by atoms with Crippen molar-refractivity contribution in [1.82, 2.24) is 29.4 Å². The lowest BCUT2D eigenvalue weighted by atomic mass is 9.99. The van der Waals surface area contributed by atoms with Crippen molar-refractivity contribution in [3.05, 3.63) is 23.3 Å². The Bertz CT molecular complexity index is 770. The predicted molar refractivity (Wildman–Crippen MR) is 89.8 cm³/mol. The number of piperidine rings is 1. The molecule has 0 N–H and O–H groups in total. The molecule has 1 amide bonds. The van der Waals surface area contributed by atoms with Crippen LogP contribution in [0.2, 0.25) is 0 Å². The zero-order valence-corrected chi connectivity index (χ0v) is 14.4. The Morgan fingerprint density at radius 3 is 2.96 bits per heavy atom. The third-order valence-corrected chi connectivity index (χ3v) is 5.16. The molecule has 128 valence electrons. The van der Waals surface area contributed by atoms with Crippen molar-refractivity contribution >= 4 is 11.7 Å². The first kappa shape index (κ1) is 15.5. The number of aromatic nitrogens is 4. The van der Waals surface area contributed by atoms with Crippen molar-refractivity contribution in [2.45, 2.75) is 45.6 Å². The highest BCUT2D eigenvalue weighted by atomic mass is 16.2. The fourth-order valence-corrected chi connectivity index (χ4v) is 3.91. The number of hydrogen-bond donors (Lipinski definition) is 0. The van der Waals surface area contributed by atoms with E-state index in [0.29, 0.717) is 17.6 Å². The molecule has 2 aromatic rings. The van der Waals surface area contributed by atoms with Crippen LogP contribution in [0.5, 0.6) is 0 Å². The van der Waals surface area contributed by atoms with Gasteiger partial charge in [0.15, 0.2) is 5.82 Å². The molecular formula is C17H24N6O. The van der Waals surface area contributed by atoms with Crippen LogP contribution in [-0.4, -0.2) is 67.5 Å². The van der Waals surface area contributed by atoms with Gasteiger partial charge >= 0.3 is 0 Å². The van der Waals surface area contributed by atoms with E-state index in [4.69, 9.17) is 0 Å². The number of hydrogen-bond acceptors (Lipinski definition) is 5. The molecule has 0 aliphatic carbocycles. The molecule has 0 spiro atoms. The Kier molecular flexibility index (Phi) is 3.96.